The van der Waals surface area contributed by atoms with Crippen molar-refractivity contribution in [2.75, 3.05) is 4.90 Å². The summed E-state index contributed by atoms with van der Waals surface area (Å²) in [6.45, 7) is 11.6. The van der Waals surface area contributed by atoms with Crippen LogP contribution < -0.4 is 4.90 Å². The van der Waals surface area contributed by atoms with Crippen LogP contribution >= 0.6 is 0 Å². The molecular weight excluding hydrogens is 518 g/mol. The molecule has 0 aromatic heterocycles. The zero-order chi connectivity index (χ0) is 30.0. The molecule has 0 fully saturated rings. The normalized spacial score (nSPS) is 10.3. The molecule has 1 heteroatoms. The Kier molecular flexibility index (Phi) is 9.46. The Balaban J connectivity index is 0.00000118. The second-order valence-corrected chi connectivity index (χ2v) is 10.5. The van der Waals surface area contributed by atoms with Gasteiger partial charge < -0.3 is 4.90 Å². The summed E-state index contributed by atoms with van der Waals surface area (Å²) in [7, 11) is 0. The van der Waals surface area contributed by atoms with E-state index in [0.717, 1.165) is 17.1 Å². The average Bonchev–Trinajstić information content (AvgIpc) is 3.07. The summed E-state index contributed by atoms with van der Waals surface area (Å²) in [6.07, 6.45) is 1.75. The van der Waals surface area contributed by atoms with Gasteiger partial charge in [0, 0.05) is 17.1 Å². The van der Waals surface area contributed by atoms with E-state index in [9.17, 15) is 0 Å². The second kappa shape index (κ2) is 14.0. The van der Waals surface area contributed by atoms with E-state index in [2.05, 4.69) is 183 Å². The highest BCUT2D eigenvalue weighted by atomic mass is 15.1. The van der Waals surface area contributed by atoms with Crippen LogP contribution in [-0.4, -0.2) is 0 Å². The summed E-state index contributed by atoms with van der Waals surface area (Å²) < 4.78 is 0. The van der Waals surface area contributed by atoms with Crippen LogP contribution in [0.4, 0.5) is 11.4 Å². The first-order chi connectivity index (χ1) is 21.1. The van der Waals surface area contributed by atoms with Gasteiger partial charge in [-0.3, -0.25) is 0 Å². The predicted molar refractivity (Wildman–Crippen MR) is 187 cm³/mol. The molecule has 0 radical (unpaired) electrons. The van der Waals surface area contributed by atoms with Crippen LogP contribution in [0.3, 0.4) is 0 Å². The van der Waals surface area contributed by atoms with E-state index < -0.39 is 0 Å². The number of allylic oxidation sites excluding steroid dienone is 2. The van der Waals surface area contributed by atoms with Gasteiger partial charge in [0.25, 0.3) is 0 Å². The van der Waals surface area contributed by atoms with Crippen LogP contribution in [0.5, 0.6) is 0 Å². The van der Waals surface area contributed by atoms with Gasteiger partial charge in [-0.2, -0.15) is 0 Å². The number of rotatable bonds is 7. The van der Waals surface area contributed by atoms with Crippen molar-refractivity contribution in [2.45, 2.75) is 13.8 Å². The predicted octanol–water partition coefficient (Wildman–Crippen LogP) is 12.2. The molecule has 6 rings (SSSR count). The Morgan fingerprint density at radius 3 is 1.02 bits per heavy atom. The van der Waals surface area contributed by atoms with E-state index in [0.29, 0.717) is 0 Å². The largest absolute Gasteiger partial charge is 0.315 e. The van der Waals surface area contributed by atoms with Crippen LogP contribution in [0.25, 0.3) is 44.5 Å². The van der Waals surface area contributed by atoms with Crippen molar-refractivity contribution in [3.05, 3.63) is 183 Å². The van der Waals surface area contributed by atoms with E-state index >= 15 is 0 Å². The van der Waals surface area contributed by atoms with E-state index in [1.807, 2.05) is 6.92 Å². The third-order valence-corrected chi connectivity index (χ3v) is 7.24. The highest BCUT2D eigenvalue weighted by molar-refractivity contribution is 5.78. The molecule has 0 saturated heterocycles. The van der Waals surface area contributed by atoms with Gasteiger partial charge in [0.2, 0.25) is 0 Å². The van der Waals surface area contributed by atoms with Gasteiger partial charge in [-0.25, -0.2) is 0 Å². The number of hydrogen-bond donors (Lipinski definition) is 0. The molecule has 210 valence electrons. The van der Waals surface area contributed by atoms with Gasteiger partial charge in [-0.15, -0.1) is 6.58 Å². The number of benzene rings is 6. The standard InChI is InChI=1S/C39H31N.C3H6/c1-29(2)40(38-23-19-32(20-24-38)36-17-9-15-34(27-36)30-11-5-3-6-12-30)39-25-21-33(22-26-39)37-18-10-16-35(28-37)31-13-7-4-8-14-31;1-3-2/h3-28H,1H2,2H3;3H,1H2,2H3. The maximum Gasteiger partial charge on any atom is 0.0458 e. The first-order valence-electron chi connectivity index (χ1n) is 14.6. The van der Waals surface area contributed by atoms with Crippen LogP contribution in [0.15, 0.2) is 183 Å². The molecule has 0 aliphatic carbocycles. The molecule has 0 saturated carbocycles. The van der Waals surface area contributed by atoms with Crippen LogP contribution in [-0.2, 0) is 0 Å². The maximum absolute atomic E-state index is 4.29. The van der Waals surface area contributed by atoms with Crippen molar-refractivity contribution in [3.8, 4) is 44.5 Å². The smallest absolute Gasteiger partial charge is 0.0458 e. The van der Waals surface area contributed by atoms with Crippen molar-refractivity contribution in [2.24, 2.45) is 0 Å². The first kappa shape index (κ1) is 29.1. The highest BCUT2D eigenvalue weighted by Crippen LogP contribution is 2.34. The van der Waals surface area contributed by atoms with Gasteiger partial charge >= 0.3 is 0 Å². The van der Waals surface area contributed by atoms with Gasteiger partial charge in [0.15, 0.2) is 0 Å². The molecule has 0 amide bonds. The highest BCUT2D eigenvalue weighted by Gasteiger charge is 2.12. The van der Waals surface area contributed by atoms with Crippen molar-refractivity contribution in [3.63, 3.8) is 0 Å². The molecule has 0 bridgehead atoms. The van der Waals surface area contributed by atoms with Crippen molar-refractivity contribution in [1.82, 2.24) is 0 Å². The molecule has 0 aliphatic heterocycles. The van der Waals surface area contributed by atoms with Gasteiger partial charge in [-0.05, 0) is 94.8 Å². The van der Waals surface area contributed by atoms with Crippen LogP contribution in [0.1, 0.15) is 13.8 Å². The van der Waals surface area contributed by atoms with Gasteiger partial charge in [0.05, 0.1) is 0 Å². The Morgan fingerprint density at radius 2 is 0.721 bits per heavy atom. The third kappa shape index (κ3) is 7.09. The lowest BCUT2D eigenvalue weighted by molar-refractivity contribution is 1.17. The van der Waals surface area contributed by atoms with Crippen molar-refractivity contribution >= 4 is 11.4 Å². The Hall–Kier alpha value is -5.40. The lowest BCUT2D eigenvalue weighted by Crippen LogP contribution is -2.13. The minimum absolute atomic E-state index is 0.970. The van der Waals surface area contributed by atoms with E-state index in [4.69, 9.17) is 0 Å². The summed E-state index contributed by atoms with van der Waals surface area (Å²) in [5.74, 6) is 0. The fourth-order valence-corrected chi connectivity index (χ4v) is 5.21. The summed E-state index contributed by atoms with van der Waals surface area (Å²) in [4.78, 5) is 2.20. The van der Waals surface area contributed by atoms with Gasteiger partial charge in [-0.1, -0.05) is 134 Å². The van der Waals surface area contributed by atoms with E-state index in [-0.39, 0.29) is 0 Å². The Morgan fingerprint density at radius 1 is 0.442 bits per heavy atom. The minimum atomic E-state index is 0.970. The molecule has 0 atom stereocenters. The summed E-state index contributed by atoms with van der Waals surface area (Å²) in [6, 6.07) is 55.9. The fraction of sp³-hybridized carbons (Fsp3) is 0.0476. The third-order valence-electron chi connectivity index (χ3n) is 7.24. The second-order valence-electron chi connectivity index (χ2n) is 10.5. The summed E-state index contributed by atoms with van der Waals surface area (Å²) in [5.41, 5.74) is 12.8. The van der Waals surface area contributed by atoms with E-state index in [1.165, 1.54) is 44.5 Å². The molecule has 6 aromatic rings. The van der Waals surface area contributed by atoms with Crippen molar-refractivity contribution < 1.29 is 0 Å². The first-order valence-corrected chi connectivity index (χ1v) is 14.6. The number of nitrogens with zero attached hydrogens (tertiary/aromatic N) is 1. The zero-order valence-electron chi connectivity index (χ0n) is 24.9. The number of hydrogen-bond acceptors (Lipinski definition) is 1. The number of anilines is 2. The topological polar surface area (TPSA) is 3.24 Å². The minimum Gasteiger partial charge on any atom is -0.315 e. The average molecular weight is 556 g/mol. The molecule has 43 heavy (non-hydrogen) atoms. The zero-order valence-corrected chi connectivity index (χ0v) is 24.9. The molecule has 0 aliphatic rings. The van der Waals surface area contributed by atoms with Crippen LogP contribution in [0, 0.1) is 0 Å². The summed E-state index contributed by atoms with van der Waals surface area (Å²) in [5, 5.41) is 0. The maximum atomic E-state index is 4.29. The molecule has 0 heterocycles. The fourth-order valence-electron chi connectivity index (χ4n) is 5.21. The molecule has 0 spiro atoms. The Labute approximate surface area is 256 Å². The van der Waals surface area contributed by atoms with E-state index in [1.54, 1.807) is 6.08 Å². The molecule has 6 aromatic carbocycles. The molecule has 0 unspecified atom stereocenters. The SMILES string of the molecule is C=C(C)N(c1ccc(-c2cccc(-c3ccccc3)c2)cc1)c1ccc(-c2cccc(-c3ccccc3)c2)cc1.C=CC. The lowest BCUT2D eigenvalue weighted by atomic mass is 9.98. The molecule has 1 nitrogen and oxygen atoms in total. The Bertz CT molecular complexity index is 1650. The molecule has 0 N–H and O–H groups in total. The quantitative estimate of drug-likeness (QED) is 0.177. The lowest BCUT2D eigenvalue weighted by Gasteiger charge is -2.25. The van der Waals surface area contributed by atoms with Crippen LogP contribution in [0.2, 0.25) is 0 Å². The molecular formula is C42H37N. The summed E-state index contributed by atoms with van der Waals surface area (Å²) >= 11 is 0. The van der Waals surface area contributed by atoms with Gasteiger partial charge in [0.1, 0.15) is 0 Å². The van der Waals surface area contributed by atoms with Crippen molar-refractivity contribution in [1.29, 1.82) is 0 Å². The monoisotopic (exact) mass is 555 g/mol.